The van der Waals surface area contributed by atoms with Crippen LogP contribution in [0, 0.1) is 17.1 Å². The SMILES string of the molecule is Cn1ccc(NCc2cc(C#N)ccc2F)n1. The molecule has 4 nitrogen and oxygen atoms in total. The fourth-order valence-electron chi connectivity index (χ4n) is 1.47. The number of nitrogens with one attached hydrogen (secondary N) is 1. The summed E-state index contributed by atoms with van der Waals surface area (Å²) >= 11 is 0. The molecule has 0 amide bonds. The van der Waals surface area contributed by atoms with Crippen molar-refractivity contribution in [3.8, 4) is 6.07 Å². The van der Waals surface area contributed by atoms with Crippen LogP contribution in [-0.4, -0.2) is 9.78 Å². The Hall–Kier alpha value is -2.35. The van der Waals surface area contributed by atoms with E-state index in [9.17, 15) is 4.39 Å². The number of halogens is 1. The molecule has 0 aliphatic heterocycles. The molecule has 0 aliphatic rings. The minimum Gasteiger partial charge on any atom is -0.364 e. The standard InChI is InChI=1S/C12H11FN4/c1-17-5-4-12(16-17)15-8-10-6-9(7-14)2-3-11(10)13/h2-6H,8H2,1H3,(H,15,16). The summed E-state index contributed by atoms with van der Waals surface area (Å²) in [5.74, 6) is 0.349. The summed E-state index contributed by atoms with van der Waals surface area (Å²) in [7, 11) is 1.81. The lowest BCUT2D eigenvalue weighted by Crippen LogP contribution is -2.03. The summed E-state index contributed by atoms with van der Waals surface area (Å²) in [5.41, 5.74) is 0.902. The van der Waals surface area contributed by atoms with Crippen molar-refractivity contribution < 1.29 is 4.39 Å². The van der Waals surface area contributed by atoms with Crippen molar-refractivity contribution >= 4 is 5.82 Å². The zero-order chi connectivity index (χ0) is 12.3. The van der Waals surface area contributed by atoms with Gasteiger partial charge in [-0.25, -0.2) is 4.39 Å². The molecule has 0 saturated heterocycles. The van der Waals surface area contributed by atoms with Gasteiger partial charge in [0.15, 0.2) is 0 Å². The average molecular weight is 230 g/mol. The third kappa shape index (κ3) is 2.61. The van der Waals surface area contributed by atoms with Crippen molar-refractivity contribution in [1.82, 2.24) is 9.78 Å². The van der Waals surface area contributed by atoms with Crippen molar-refractivity contribution in [3.05, 3.63) is 47.4 Å². The molecule has 0 saturated carbocycles. The topological polar surface area (TPSA) is 53.6 Å². The molecule has 0 atom stereocenters. The van der Waals surface area contributed by atoms with Crippen molar-refractivity contribution in [2.45, 2.75) is 6.54 Å². The molecule has 1 aromatic carbocycles. The Balaban J connectivity index is 2.11. The van der Waals surface area contributed by atoms with Gasteiger partial charge >= 0.3 is 0 Å². The predicted octanol–water partition coefficient (Wildman–Crippen LogP) is 2.04. The zero-order valence-corrected chi connectivity index (χ0v) is 9.31. The number of benzene rings is 1. The fraction of sp³-hybridized carbons (Fsp3) is 0.167. The summed E-state index contributed by atoms with van der Waals surface area (Å²) in [6.45, 7) is 0.304. The lowest BCUT2D eigenvalue weighted by molar-refractivity contribution is 0.612. The highest BCUT2D eigenvalue weighted by Gasteiger charge is 2.04. The maximum atomic E-state index is 13.4. The Kier molecular flexibility index (Phi) is 3.06. The van der Waals surface area contributed by atoms with Crippen LogP contribution < -0.4 is 5.32 Å². The van der Waals surface area contributed by atoms with Gasteiger partial charge in [-0.05, 0) is 18.2 Å². The van der Waals surface area contributed by atoms with Gasteiger partial charge in [-0.15, -0.1) is 0 Å². The molecule has 1 N–H and O–H groups in total. The van der Waals surface area contributed by atoms with Crippen molar-refractivity contribution in [2.24, 2.45) is 7.05 Å². The summed E-state index contributed by atoms with van der Waals surface area (Å²) in [5, 5.41) is 15.8. The highest BCUT2D eigenvalue weighted by atomic mass is 19.1. The predicted molar refractivity (Wildman–Crippen MR) is 61.6 cm³/mol. The maximum Gasteiger partial charge on any atom is 0.148 e. The zero-order valence-electron chi connectivity index (χ0n) is 9.31. The van der Waals surface area contributed by atoms with Crippen molar-refractivity contribution in [2.75, 3.05) is 5.32 Å². The first-order valence-corrected chi connectivity index (χ1v) is 5.11. The van der Waals surface area contributed by atoms with E-state index >= 15 is 0 Å². The minimum absolute atomic E-state index is 0.304. The van der Waals surface area contributed by atoms with Crippen LogP contribution in [0.5, 0.6) is 0 Å². The van der Waals surface area contributed by atoms with Crippen LogP contribution in [0.4, 0.5) is 10.2 Å². The first-order chi connectivity index (χ1) is 8.19. The molecule has 0 unspecified atom stereocenters. The van der Waals surface area contributed by atoms with E-state index in [0.29, 0.717) is 23.5 Å². The molecule has 0 spiro atoms. The molecular weight excluding hydrogens is 219 g/mol. The molecule has 0 radical (unpaired) electrons. The van der Waals surface area contributed by atoms with Gasteiger partial charge in [0.1, 0.15) is 11.6 Å². The van der Waals surface area contributed by atoms with E-state index in [-0.39, 0.29) is 5.82 Å². The molecule has 5 heteroatoms. The van der Waals surface area contributed by atoms with Crippen LogP contribution in [0.1, 0.15) is 11.1 Å². The second-order valence-corrected chi connectivity index (χ2v) is 3.65. The lowest BCUT2D eigenvalue weighted by atomic mass is 10.1. The fourth-order valence-corrected chi connectivity index (χ4v) is 1.47. The Morgan fingerprint density at radius 3 is 2.94 bits per heavy atom. The molecule has 0 fully saturated rings. The molecule has 1 aromatic heterocycles. The monoisotopic (exact) mass is 230 g/mol. The second kappa shape index (κ2) is 4.66. The van der Waals surface area contributed by atoms with Gasteiger partial charge in [-0.3, -0.25) is 4.68 Å². The molecule has 2 aromatic rings. The van der Waals surface area contributed by atoms with Crippen molar-refractivity contribution in [1.29, 1.82) is 5.26 Å². The van der Waals surface area contributed by atoms with E-state index in [2.05, 4.69) is 10.4 Å². The third-order valence-corrected chi connectivity index (χ3v) is 2.35. The van der Waals surface area contributed by atoms with E-state index in [0.717, 1.165) is 0 Å². The Morgan fingerprint density at radius 2 is 2.29 bits per heavy atom. The highest BCUT2D eigenvalue weighted by Crippen LogP contribution is 2.12. The van der Waals surface area contributed by atoms with Gasteiger partial charge in [0.05, 0.1) is 11.6 Å². The second-order valence-electron chi connectivity index (χ2n) is 3.65. The number of rotatable bonds is 3. The van der Waals surface area contributed by atoms with Gasteiger partial charge in [0.2, 0.25) is 0 Å². The van der Waals surface area contributed by atoms with Crippen LogP contribution in [0.15, 0.2) is 30.5 Å². The number of aromatic nitrogens is 2. The number of anilines is 1. The average Bonchev–Trinajstić information content (AvgIpc) is 2.74. The largest absolute Gasteiger partial charge is 0.364 e. The lowest BCUT2D eigenvalue weighted by Gasteiger charge is -2.04. The Morgan fingerprint density at radius 1 is 1.47 bits per heavy atom. The highest BCUT2D eigenvalue weighted by molar-refractivity contribution is 5.38. The van der Waals surface area contributed by atoms with Crippen LogP contribution >= 0.6 is 0 Å². The smallest absolute Gasteiger partial charge is 0.148 e. The summed E-state index contributed by atoms with van der Waals surface area (Å²) in [6, 6.07) is 8.07. The molecule has 17 heavy (non-hydrogen) atoms. The van der Waals surface area contributed by atoms with Crippen LogP contribution in [0.3, 0.4) is 0 Å². The Bertz CT molecular complexity index is 568. The van der Waals surface area contributed by atoms with Crippen molar-refractivity contribution in [3.63, 3.8) is 0 Å². The molecule has 1 heterocycles. The molecule has 0 aliphatic carbocycles. The molecule has 86 valence electrons. The number of hydrogen-bond donors (Lipinski definition) is 1. The van der Waals surface area contributed by atoms with E-state index < -0.39 is 0 Å². The van der Waals surface area contributed by atoms with Crippen LogP contribution in [-0.2, 0) is 13.6 Å². The Labute approximate surface area is 98.3 Å². The number of nitrogens with zero attached hydrogens (tertiary/aromatic N) is 3. The molecular formula is C12H11FN4. The number of hydrogen-bond acceptors (Lipinski definition) is 3. The quantitative estimate of drug-likeness (QED) is 0.877. The summed E-state index contributed by atoms with van der Waals surface area (Å²) in [4.78, 5) is 0. The minimum atomic E-state index is -0.326. The normalized spacial score (nSPS) is 9.94. The number of aryl methyl sites for hydroxylation is 1. The van der Waals surface area contributed by atoms with Crippen LogP contribution in [0.2, 0.25) is 0 Å². The van der Waals surface area contributed by atoms with Gasteiger partial charge in [-0.2, -0.15) is 10.4 Å². The van der Waals surface area contributed by atoms with Gasteiger partial charge in [-0.1, -0.05) is 0 Å². The number of nitriles is 1. The summed E-state index contributed by atoms with van der Waals surface area (Å²) in [6.07, 6.45) is 1.80. The van der Waals surface area contributed by atoms with E-state index in [1.807, 2.05) is 13.1 Å². The van der Waals surface area contributed by atoms with Crippen LogP contribution in [0.25, 0.3) is 0 Å². The molecule has 2 rings (SSSR count). The first-order valence-electron chi connectivity index (χ1n) is 5.11. The molecule has 0 bridgehead atoms. The summed E-state index contributed by atoms with van der Waals surface area (Å²) < 4.78 is 15.1. The van der Waals surface area contributed by atoms with E-state index in [4.69, 9.17) is 5.26 Å². The van der Waals surface area contributed by atoms with Gasteiger partial charge < -0.3 is 5.32 Å². The first kappa shape index (κ1) is 11.1. The maximum absolute atomic E-state index is 13.4. The van der Waals surface area contributed by atoms with E-state index in [1.54, 1.807) is 16.9 Å². The third-order valence-electron chi connectivity index (χ3n) is 2.35. The van der Waals surface area contributed by atoms with Gasteiger partial charge in [0, 0.05) is 31.4 Å². The van der Waals surface area contributed by atoms with Gasteiger partial charge in [0.25, 0.3) is 0 Å². The van der Waals surface area contributed by atoms with E-state index in [1.165, 1.54) is 18.2 Å².